The van der Waals surface area contributed by atoms with E-state index in [1.807, 2.05) is 12.3 Å². The van der Waals surface area contributed by atoms with Crippen LogP contribution in [0.1, 0.15) is 51.6 Å². The molecule has 1 fully saturated rings. The summed E-state index contributed by atoms with van der Waals surface area (Å²) >= 11 is 0. The maximum absolute atomic E-state index is 7.10. The highest BCUT2D eigenvalue weighted by Gasteiger charge is 2.50. The van der Waals surface area contributed by atoms with Crippen LogP contribution < -0.4 is 10.4 Å². The van der Waals surface area contributed by atoms with E-state index >= 15 is 0 Å². The molecule has 2 heterocycles. The van der Waals surface area contributed by atoms with Crippen molar-refractivity contribution < 1.29 is 18.6 Å². The Bertz CT molecular complexity index is 1200. The second-order valence-corrected chi connectivity index (χ2v) is 16.1. The predicted molar refractivity (Wildman–Crippen MR) is 161 cm³/mol. The van der Waals surface area contributed by atoms with Gasteiger partial charge >= 0.3 is 0 Å². The molecule has 1 aliphatic heterocycles. The summed E-state index contributed by atoms with van der Waals surface area (Å²) in [6.07, 6.45) is 7.22. The van der Waals surface area contributed by atoms with Gasteiger partial charge in [0.2, 0.25) is 0 Å². The van der Waals surface area contributed by atoms with E-state index in [2.05, 4.69) is 92.5 Å². The molecular weight excluding hydrogens is 516 g/mol. The molecule has 1 unspecified atom stereocenters. The molecule has 1 saturated heterocycles. The molecule has 2 aliphatic rings. The summed E-state index contributed by atoms with van der Waals surface area (Å²) in [5.41, 5.74) is 2.13. The molecule has 0 saturated carbocycles. The van der Waals surface area contributed by atoms with Gasteiger partial charge in [0.05, 0.1) is 38.7 Å². The molecule has 0 N–H and O–H groups in total. The molecule has 2 atom stereocenters. The first kappa shape index (κ1) is 28.8. The van der Waals surface area contributed by atoms with Gasteiger partial charge in [-0.25, -0.2) is 9.97 Å². The fourth-order valence-corrected chi connectivity index (χ4v) is 10.3. The van der Waals surface area contributed by atoms with Gasteiger partial charge in [0.1, 0.15) is 6.10 Å². The number of hydrogen-bond donors (Lipinski definition) is 0. The molecule has 6 nitrogen and oxygen atoms in total. The lowest BCUT2D eigenvalue weighted by atomic mass is 9.90. The zero-order valence-corrected chi connectivity index (χ0v) is 25.1. The Labute approximate surface area is 239 Å². The van der Waals surface area contributed by atoms with Crippen molar-refractivity contribution in [3.63, 3.8) is 0 Å². The third-order valence-electron chi connectivity index (χ3n) is 7.92. The summed E-state index contributed by atoms with van der Waals surface area (Å²) in [5.74, 6) is 1.32. The van der Waals surface area contributed by atoms with Crippen LogP contribution in [0.25, 0.3) is 5.57 Å². The molecule has 1 aliphatic carbocycles. The molecule has 1 aromatic heterocycles. The topological polar surface area (TPSA) is 62.7 Å². The van der Waals surface area contributed by atoms with Gasteiger partial charge in [-0.15, -0.1) is 0 Å². The summed E-state index contributed by atoms with van der Waals surface area (Å²) in [4.78, 5) is 9.61. The lowest BCUT2D eigenvalue weighted by Gasteiger charge is -2.43. The quantitative estimate of drug-likeness (QED) is 0.320. The lowest BCUT2D eigenvalue weighted by Crippen LogP contribution is -2.66. The van der Waals surface area contributed by atoms with Gasteiger partial charge in [-0.05, 0) is 52.2 Å². The number of aromatic nitrogens is 2. The maximum atomic E-state index is 7.10. The second-order valence-electron chi connectivity index (χ2n) is 11.8. The predicted octanol–water partition coefficient (Wildman–Crippen LogP) is 5.17. The monoisotopic (exact) mass is 558 g/mol. The standard InChI is InChI=1S/C33H42N2O4Si/c1-33(2,3)40(30-10-6-4-7-11-30,31-12-8-5-9-13-31)39-23-28-18-19-34-32(35-28)27-16-14-26(15-17-27)22-37-25-29-24-36-20-21-38-29/h4-13,16,18-19,26,29H,14-15,17,20-25H2,1-3H3/t26?,29-/m1/s1. The average Bonchev–Trinajstić information content (AvgIpc) is 2.99. The highest BCUT2D eigenvalue weighted by Crippen LogP contribution is 2.37. The molecular formula is C33H42N2O4Si. The minimum absolute atomic E-state index is 0.0608. The maximum Gasteiger partial charge on any atom is 0.261 e. The summed E-state index contributed by atoms with van der Waals surface area (Å²) < 4.78 is 24.2. The summed E-state index contributed by atoms with van der Waals surface area (Å²) in [5, 5.41) is 2.47. The van der Waals surface area contributed by atoms with E-state index in [1.54, 1.807) is 0 Å². The first-order valence-corrected chi connectivity index (χ1v) is 16.4. The van der Waals surface area contributed by atoms with E-state index in [4.69, 9.17) is 23.6 Å². The Morgan fingerprint density at radius 3 is 2.25 bits per heavy atom. The van der Waals surface area contributed by atoms with Gasteiger partial charge in [-0.2, -0.15) is 0 Å². The van der Waals surface area contributed by atoms with E-state index in [1.165, 1.54) is 15.9 Å². The average molecular weight is 559 g/mol. The van der Waals surface area contributed by atoms with E-state index < -0.39 is 8.32 Å². The van der Waals surface area contributed by atoms with Crippen LogP contribution in [0.15, 0.2) is 79.0 Å². The number of nitrogens with zero attached hydrogens (tertiary/aromatic N) is 2. The number of rotatable bonds is 10. The van der Waals surface area contributed by atoms with Crippen LogP contribution >= 0.6 is 0 Å². The first-order valence-electron chi connectivity index (χ1n) is 14.5. The lowest BCUT2D eigenvalue weighted by molar-refractivity contribution is -0.117. The van der Waals surface area contributed by atoms with Crippen molar-refractivity contribution in [1.29, 1.82) is 0 Å². The third kappa shape index (κ3) is 6.78. The summed E-state index contributed by atoms with van der Waals surface area (Å²) in [6, 6.07) is 23.5. The van der Waals surface area contributed by atoms with Crippen LogP contribution in [0.3, 0.4) is 0 Å². The van der Waals surface area contributed by atoms with Crippen molar-refractivity contribution in [3.8, 4) is 0 Å². The molecule has 7 heteroatoms. The van der Waals surface area contributed by atoms with Crippen LogP contribution in [0, 0.1) is 5.92 Å². The number of hydrogen-bond acceptors (Lipinski definition) is 6. The summed E-state index contributed by atoms with van der Waals surface area (Å²) in [6.45, 7) is 10.7. The molecule has 0 amide bonds. The molecule has 212 valence electrons. The van der Waals surface area contributed by atoms with Crippen molar-refractivity contribution in [2.24, 2.45) is 5.92 Å². The van der Waals surface area contributed by atoms with Gasteiger partial charge in [0.15, 0.2) is 5.82 Å². The van der Waals surface area contributed by atoms with Crippen LogP contribution in [-0.4, -0.2) is 57.4 Å². The van der Waals surface area contributed by atoms with E-state index in [0.29, 0.717) is 39.0 Å². The summed E-state index contributed by atoms with van der Waals surface area (Å²) in [7, 11) is -2.63. The molecule has 5 rings (SSSR count). The molecule has 0 bridgehead atoms. The minimum Gasteiger partial charge on any atom is -0.401 e. The zero-order chi connectivity index (χ0) is 27.8. The van der Waals surface area contributed by atoms with Gasteiger partial charge in [-0.3, -0.25) is 0 Å². The van der Waals surface area contributed by atoms with Crippen LogP contribution in [0.2, 0.25) is 5.04 Å². The minimum atomic E-state index is -2.63. The van der Waals surface area contributed by atoms with Crippen molar-refractivity contribution in [2.75, 3.05) is 33.0 Å². The Hall–Kier alpha value is -2.68. The van der Waals surface area contributed by atoms with Crippen molar-refractivity contribution in [3.05, 3.63) is 90.5 Å². The third-order valence-corrected chi connectivity index (χ3v) is 12.9. The number of allylic oxidation sites excluding steroid dienone is 2. The van der Waals surface area contributed by atoms with Gasteiger partial charge in [0.25, 0.3) is 8.32 Å². The van der Waals surface area contributed by atoms with Crippen molar-refractivity contribution in [1.82, 2.24) is 9.97 Å². The van der Waals surface area contributed by atoms with Crippen molar-refractivity contribution >= 4 is 24.3 Å². The Morgan fingerprint density at radius 1 is 0.925 bits per heavy atom. The Balaban J connectivity index is 1.27. The van der Waals surface area contributed by atoms with Crippen LogP contribution in [0.4, 0.5) is 0 Å². The van der Waals surface area contributed by atoms with E-state index in [0.717, 1.165) is 37.4 Å². The van der Waals surface area contributed by atoms with Crippen LogP contribution in [0.5, 0.6) is 0 Å². The van der Waals surface area contributed by atoms with Crippen molar-refractivity contribution in [2.45, 2.75) is 57.8 Å². The fraction of sp³-hybridized carbons (Fsp3) is 0.455. The normalized spacial score (nSPS) is 20.2. The van der Waals surface area contributed by atoms with Gasteiger partial charge in [-0.1, -0.05) is 87.5 Å². The number of ether oxygens (including phenoxy) is 3. The molecule has 2 aromatic carbocycles. The van der Waals surface area contributed by atoms with Crippen LogP contribution in [-0.2, 0) is 25.2 Å². The molecule has 0 radical (unpaired) electrons. The van der Waals surface area contributed by atoms with Gasteiger partial charge < -0.3 is 18.6 Å². The van der Waals surface area contributed by atoms with E-state index in [9.17, 15) is 0 Å². The number of benzene rings is 2. The Kier molecular flexibility index (Phi) is 9.60. The second kappa shape index (κ2) is 13.3. The fourth-order valence-electron chi connectivity index (χ4n) is 5.82. The first-order chi connectivity index (χ1) is 19.5. The Morgan fingerprint density at radius 2 is 1.65 bits per heavy atom. The zero-order valence-electron chi connectivity index (χ0n) is 24.1. The molecule has 3 aromatic rings. The van der Waals surface area contributed by atoms with Gasteiger partial charge in [0, 0.05) is 12.8 Å². The highest BCUT2D eigenvalue weighted by molar-refractivity contribution is 6.99. The molecule has 0 spiro atoms. The molecule has 40 heavy (non-hydrogen) atoms. The highest BCUT2D eigenvalue weighted by atomic mass is 28.4. The SMILES string of the molecule is CC(C)(C)[Si](OCc1ccnc(C2=CCC(COC[C@H]3COCCO3)CC2)n1)(c1ccccc1)c1ccccc1. The smallest absolute Gasteiger partial charge is 0.261 e. The largest absolute Gasteiger partial charge is 0.401 e. The van der Waals surface area contributed by atoms with E-state index in [-0.39, 0.29) is 11.1 Å².